The summed E-state index contributed by atoms with van der Waals surface area (Å²) in [6, 6.07) is 1.67. The van der Waals surface area contributed by atoms with E-state index < -0.39 is 0 Å². The van der Waals surface area contributed by atoms with Gasteiger partial charge < -0.3 is 0 Å². The van der Waals surface area contributed by atoms with E-state index in [2.05, 4.69) is 27.6 Å². The van der Waals surface area contributed by atoms with Crippen LogP contribution in [0.2, 0.25) is 0 Å². The molecule has 0 spiro atoms. The summed E-state index contributed by atoms with van der Waals surface area (Å²) in [7, 11) is 0. The van der Waals surface area contributed by atoms with Crippen LogP contribution in [0.4, 0.5) is 0 Å². The molecule has 0 bridgehead atoms. The monoisotopic (exact) mass is 182 g/mol. The van der Waals surface area contributed by atoms with E-state index in [1.165, 1.54) is 0 Å². The van der Waals surface area contributed by atoms with Crippen molar-refractivity contribution in [1.29, 1.82) is 0 Å². The molecule has 0 amide bonds. The maximum atomic E-state index is 4.65. The molecule has 0 aliphatic carbocycles. The van der Waals surface area contributed by atoms with E-state index in [9.17, 15) is 0 Å². The van der Waals surface area contributed by atoms with Crippen molar-refractivity contribution in [3.05, 3.63) is 16.9 Å². The van der Waals surface area contributed by atoms with Crippen LogP contribution in [-0.4, -0.2) is 104 Å². The maximum absolute atomic E-state index is 4.65. The molecule has 0 aliphatic rings. The Morgan fingerprint density at radius 1 is 1.30 bits per heavy atom. The summed E-state index contributed by atoms with van der Waals surface area (Å²) in [4.78, 5) is 0. The Morgan fingerprint density at radius 3 is 2.10 bits per heavy atom. The van der Waals surface area contributed by atoms with Gasteiger partial charge in [-0.15, -0.1) is 5.10 Å². The molecule has 1 aromatic heterocycles. The van der Waals surface area contributed by atoms with Crippen molar-refractivity contribution in [2.24, 2.45) is 0 Å². The molecule has 3 radical (unpaired) electrons. The average molecular weight is 182 g/mol. The Kier molecular flexibility index (Phi) is 20.3. The first-order chi connectivity index (χ1) is 3.39. The van der Waals surface area contributed by atoms with Gasteiger partial charge in [0.2, 0.25) is 0 Å². The Morgan fingerprint density at radius 2 is 1.90 bits per heavy atom. The minimum atomic E-state index is 0. The van der Waals surface area contributed by atoms with Gasteiger partial charge in [-0.05, 0) is 6.07 Å². The summed E-state index contributed by atoms with van der Waals surface area (Å²) in [5.41, 5.74) is 0. The number of aromatic nitrogens is 3. The molecule has 0 aliphatic heterocycles. The number of hydrogen-bond acceptors (Lipinski definition) is 3. The fourth-order valence-electron chi connectivity index (χ4n) is 0.250. The number of rotatable bonds is 0. The van der Waals surface area contributed by atoms with Gasteiger partial charge in [-0.2, -0.15) is 0 Å². The first-order valence-corrected chi connectivity index (χ1v) is 2.17. The van der Waals surface area contributed by atoms with Crippen molar-refractivity contribution in [2.45, 2.75) is 0 Å². The summed E-state index contributed by atoms with van der Waals surface area (Å²) in [6.45, 7) is 0. The zero-order valence-corrected chi connectivity index (χ0v) is 13.3. The van der Waals surface area contributed by atoms with Crippen LogP contribution < -0.4 is 0 Å². The van der Waals surface area contributed by atoms with Gasteiger partial charge in [-0.25, -0.2) is 5.10 Å². The van der Waals surface area contributed by atoms with Crippen molar-refractivity contribution in [3.8, 4) is 0 Å². The zero-order valence-electron chi connectivity index (χ0n) is 6.46. The topological polar surface area (TPSA) is 41.6 Å². The van der Waals surface area contributed by atoms with E-state index in [4.69, 9.17) is 0 Å². The van der Waals surface area contributed by atoms with Gasteiger partial charge in [-0.3, -0.25) is 0 Å². The summed E-state index contributed by atoms with van der Waals surface area (Å²) in [5, 5.41) is 9.36. The van der Waals surface area contributed by atoms with Gasteiger partial charge >= 0.3 is 0 Å². The predicted molar refractivity (Wildman–Crippen MR) is 44.5 cm³/mol. The molecule has 10 heavy (non-hydrogen) atoms. The number of H-pyrrole nitrogens is 1. The Bertz CT molecular complexity index is 185. The third-order valence-corrected chi connectivity index (χ3v) is 0.738. The Hall–Kier alpha value is 2.23. The van der Waals surface area contributed by atoms with Crippen molar-refractivity contribution in [2.75, 3.05) is 0 Å². The van der Waals surface area contributed by atoms with E-state index >= 15 is 0 Å². The van der Waals surface area contributed by atoms with Crippen LogP contribution in [0, 0.1) is 4.64 Å². The molecule has 39 valence electrons. The fourth-order valence-corrected chi connectivity index (χ4v) is 0.351. The van der Waals surface area contributed by atoms with Crippen molar-refractivity contribution >= 4 is 101 Å². The smallest absolute Gasteiger partial charge is 0.122 e. The third-order valence-electron chi connectivity index (χ3n) is 0.511. The first kappa shape index (κ1) is 18.1. The molecular formula is C3H3N3Na3S. The quantitative estimate of drug-likeness (QED) is 0.430. The molecule has 1 rings (SSSR count). The Balaban J connectivity index is -0.000000163. The van der Waals surface area contributed by atoms with Crippen molar-refractivity contribution in [3.63, 3.8) is 0 Å². The minimum absolute atomic E-state index is 0. The predicted octanol–water partition coefficient (Wildman–Crippen LogP) is -0.608. The number of hydrogen-bond donors (Lipinski definition) is 1. The summed E-state index contributed by atoms with van der Waals surface area (Å²) < 4.78 is 0.606. The van der Waals surface area contributed by atoms with Crippen LogP contribution >= 0.6 is 12.2 Å². The van der Waals surface area contributed by atoms with E-state index in [0.717, 1.165) is 0 Å². The van der Waals surface area contributed by atoms with Crippen LogP contribution in [0.3, 0.4) is 0 Å². The molecule has 0 fully saturated rings. The second-order valence-electron chi connectivity index (χ2n) is 1.01. The van der Waals surface area contributed by atoms with Gasteiger partial charge in [-0.1, -0.05) is 17.4 Å². The third kappa shape index (κ3) is 8.33. The molecule has 3 nitrogen and oxygen atoms in total. The molecule has 1 heterocycles. The second kappa shape index (κ2) is 11.2. The largest absolute Gasteiger partial charge is 0.249 e. The van der Waals surface area contributed by atoms with Gasteiger partial charge in [0.25, 0.3) is 0 Å². The summed E-state index contributed by atoms with van der Waals surface area (Å²) in [6.07, 6.45) is 1.54. The van der Waals surface area contributed by atoms with Crippen molar-refractivity contribution < 1.29 is 0 Å². The van der Waals surface area contributed by atoms with E-state index in [1.807, 2.05) is 0 Å². The van der Waals surface area contributed by atoms with E-state index in [-0.39, 0.29) is 88.7 Å². The van der Waals surface area contributed by atoms with Crippen molar-refractivity contribution in [1.82, 2.24) is 15.4 Å². The van der Waals surface area contributed by atoms with Crippen LogP contribution in [0.5, 0.6) is 0 Å². The Labute approximate surface area is 131 Å². The normalized spacial score (nSPS) is 6.00. The van der Waals surface area contributed by atoms with Gasteiger partial charge in [0.15, 0.2) is 0 Å². The molecule has 1 N–H and O–H groups in total. The number of nitrogens with zero attached hydrogens (tertiary/aromatic N) is 2. The SMILES string of the molecule is S=c1ccnn[nH]1.[Na].[Na].[Na]. The molecule has 0 unspecified atom stereocenters. The van der Waals surface area contributed by atoms with Crippen LogP contribution in [0.25, 0.3) is 0 Å². The molecule has 0 saturated heterocycles. The average Bonchev–Trinajstić information content (AvgIpc) is 1.69. The van der Waals surface area contributed by atoms with E-state index in [1.54, 1.807) is 12.3 Å². The van der Waals surface area contributed by atoms with Crippen LogP contribution in [0.1, 0.15) is 0 Å². The second-order valence-corrected chi connectivity index (χ2v) is 1.45. The summed E-state index contributed by atoms with van der Waals surface area (Å²) >= 11 is 4.65. The number of aromatic amines is 1. The zero-order chi connectivity index (χ0) is 5.11. The standard InChI is InChI=1S/C3H3N3S.3Na/c7-3-1-2-4-6-5-3;;;/h1-2H,(H,4,5,7);;;. The molecule has 0 atom stereocenters. The molecule has 0 saturated carbocycles. The maximum Gasteiger partial charge on any atom is 0.122 e. The molecule has 0 aromatic carbocycles. The van der Waals surface area contributed by atoms with Crippen LogP contribution in [0.15, 0.2) is 12.3 Å². The van der Waals surface area contributed by atoms with E-state index in [0.29, 0.717) is 4.64 Å². The van der Waals surface area contributed by atoms with Gasteiger partial charge in [0.05, 0.1) is 6.20 Å². The molecular weight excluding hydrogens is 179 g/mol. The first-order valence-electron chi connectivity index (χ1n) is 1.76. The minimum Gasteiger partial charge on any atom is -0.249 e. The molecule has 7 heteroatoms. The fraction of sp³-hybridized carbons (Fsp3) is 0. The van der Waals surface area contributed by atoms with Gasteiger partial charge in [0.1, 0.15) is 4.64 Å². The summed E-state index contributed by atoms with van der Waals surface area (Å²) in [5.74, 6) is 0. The molecule has 1 aromatic rings. The van der Waals surface area contributed by atoms with Crippen LogP contribution in [-0.2, 0) is 0 Å². The number of nitrogens with one attached hydrogen (secondary N) is 1. The van der Waals surface area contributed by atoms with Gasteiger partial charge in [0, 0.05) is 88.7 Å².